The van der Waals surface area contributed by atoms with E-state index in [2.05, 4.69) is 41.1 Å². The van der Waals surface area contributed by atoms with E-state index in [1.165, 1.54) is 17.7 Å². The van der Waals surface area contributed by atoms with E-state index in [-0.39, 0.29) is 0 Å². The van der Waals surface area contributed by atoms with E-state index in [1.54, 1.807) is 0 Å². The van der Waals surface area contributed by atoms with E-state index >= 15 is 0 Å². The van der Waals surface area contributed by atoms with E-state index in [1.807, 2.05) is 11.4 Å². The van der Waals surface area contributed by atoms with Crippen molar-refractivity contribution in [2.75, 3.05) is 18.0 Å². The van der Waals surface area contributed by atoms with Gasteiger partial charge in [-0.05, 0) is 37.8 Å². The summed E-state index contributed by atoms with van der Waals surface area (Å²) in [5.74, 6) is 1.63. The van der Waals surface area contributed by atoms with Gasteiger partial charge in [-0.25, -0.2) is 9.50 Å². The maximum atomic E-state index is 4.43. The smallest absolute Gasteiger partial charge is 0.158 e. The SMILES string of the molecule is Cc1nc2c(C)cc(N3CCC(C)C3)cn2n1. The van der Waals surface area contributed by atoms with E-state index < -0.39 is 0 Å². The Hall–Kier alpha value is -1.58. The molecule has 1 fully saturated rings. The molecule has 0 bridgehead atoms. The van der Waals surface area contributed by atoms with Crippen LogP contribution in [0.15, 0.2) is 12.3 Å². The van der Waals surface area contributed by atoms with Crippen LogP contribution in [0.4, 0.5) is 5.69 Å². The molecule has 2 aromatic rings. The average Bonchev–Trinajstić information content (AvgIpc) is 2.83. The summed E-state index contributed by atoms with van der Waals surface area (Å²) in [5.41, 5.74) is 3.44. The number of rotatable bonds is 1. The van der Waals surface area contributed by atoms with Crippen LogP contribution in [-0.4, -0.2) is 27.7 Å². The zero-order valence-electron chi connectivity index (χ0n) is 10.6. The Bertz CT molecular complexity index is 558. The van der Waals surface area contributed by atoms with Gasteiger partial charge in [0.2, 0.25) is 0 Å². The lowest BCUT2D eigenvalue weighted by Gasteiger charge is -2.18. The number of nitrogens with zero attached hydrogens (tertiary/aromatic N) is 4. The van der Waals surface area contributed by atoms with E-state index in [0.29, 0.717) is 0 Å². The third-order valence-electron chi connectivity index (χ3n) is 3.50. The molecule has 1 aliphatic rings. The molecular weight excluding hydrogens is 212 g/mol. The Morgan fingerprint density at radius 3 is 2.88 bits per heavy atom. The third-order valence-corrected chi connectivity index (χ3v) is 3.50. The summed E-state index contributed by atoms with van der Waals surface area (Å²) in [5, 5.41) is 4.40. The Kier molecular flexibility index (Phi) is 2.31. The molecule has 0 amide bonds. The second kappa shape index (κ2) is 3.72. The first kappa shape index (κ1) is 10.6. The Morgan fingerprint density at radius 1 is 1.35 bits per heavy atom. The molecule has 3 rings (SSSR count). The molecule has 0 aliphatic carbocycles. The van der Waals surface area contributed by atoms with Crippen LogP contribution in [0.2, 0.25) is 0 Å². The second-order valence-corrected chi connectivity index (χ2v) is 5.15. The summed E-state index contributed by atoms with van der Waals surface area (Å²) >= 11 is 0. The van der Waals surface area contributed by atoms with Crippen LogP contribution in [0.5, 0.6) is 0 Å². The van der Waals surface area contributed by atoms with Gasteiger partial charge in [-0.1, -0.05) is 6.92 Å². The molecule has 0 saturated carbocycles. The molecule has 1 aliphatic heterocycles. The third kappa shape index (κ3) is 1.77. The molecule has 0 radical (unpaired) electrons. The minimum atomic E-state index is 0.795. The molecule has 17 heavy (non-hydrogen) atoms. The van der Waals surface area contributed by atoms with Crippen LogP contribution in [0.1, 0.15) is 24.7 Å². The number of aromatic nitrogens is 3. The Balaban J connectivity index is 2.05. The first-order valence-electron chi connectivity index (χ1n) is 6.22. The molecular formula is C13H18N4. The van der Waals surface area contributed by atoms with Crippen molar-refractivity contribution in [3.8, 4) is 0 Å². The molecule has 1 unspecified atom stereocenters. The number of hydrogen-bond donors (Lipinski definition) is 0. The molecule has 90 valence electrons. The Morgan fingerprint density at radius 2 is 2.18 bits per heavy atom. The van der Waals surface area contributed by atoms with Gasteiger partial charge >= 0.3 is 0 Å². The lowest BCUT2D eigenvalue weighted by Crippen LogP contribution is -2.19. The Labute approximate surface area is 101 Å². The molecule has 4 nitrogen and oxygen atoms in total. The van der Waals surface area contributed by atoms with Crippen molar-refractivity contribution in [1.82, 2.24) is 14.6 Å². The lowest BCUT2D eigenvalue weighted by atomic mass is 10.2. The number of fused-ring (bicyclic) bond motifs is 1. The number of pyridine rings is 1. The van der Waals surface area contributed by atoms with Crippen molar-refractivity contribution >= 4 is 11.3 Å². The zero-order valence-corrected chi connectivity index (χ0v) is 10.6. The monoisotopic (exact) mass is 230 g/mol. The van der Waals surface area contributed by atoms with Gasteiger partial charge in [0.05, 0.1) is 11.9 Å². The fourth-order valence-corrected chi connectivity index (χ4v) is 2.58. The summed E-state index contributed by atoms with van der Waals surface area (Å²) in [6.45, 7) is 8.65. The van der Waals surface area contributed by atoms with Gasteiger partial charge in [0.15, 0.2) is 5.65 Å². The van der Waals surface area contributed by atoms with Crippen LogP contribution < -0.4 is 4.90 Å². The zero-order chi connectivity index (χ0) is 12.0. The highest BCUT2D eigenvalue weighted by Crippen LogP contribution is 2.25. The number of aryl methyl sites for hydroxylation is 2. The number of anilines is 1. The first-order chi connectivity index (χ1) is 8.13. The van der Waals surface area contributed by atoms with Crippen LogP contribution >= 0.6 is 0 Å². The standard InChI is InChI=1S/C13H18N4/c1-9-4-5-16(7-9)12-6-10(2)13-14-11(3)15-17(13)8-12/h6,8-9H,4-5,7H2,1-3H3. The molecule has 4 heteroatoms. The van der Waals surface area contributed by atoms with Gasteiger partial charge in [0.1, 0.15) is 5.82 Å². The summed E-state index contributed by atoms with van der Waals surface area (Å²) in [6, 6.07) is 2.22. The maximum Gasteiger partial charge on any atom is 0.158 e. The van der Waals surface area contributed by atoms with Crippen molar-refractivity contribution < 1.29 is 0 Å². The highest BCUT2D eigenvalue weighted by Gasteiger charge is 2.20. The molecule has 0 spiro atoms. The molecule has 1 atom stereocenters. The van der Waals surface area contributed by atoms with Gasteiger partial charge in [-0.2, -0.15) is 5.10 Å². The first-order valence-corrected chi connectivity index (χ1v) is 6.22. The van der Waals surface area contributed by atoms with Gasteiger partial charge in [0.25, 0.3) is 0 Å². The average molecular weight is 230 g/mol. The van der Waals surface area contributed by atoms with Gasteiger partial charge in [-0.15, -0.1) is 0 Å². The fraction of sp³-hybridized carbons (Fsp3) is 0.538. The highest BCUT2D eigenvalue weighted by molar-refractivity contribution is 5.57. The van der Waals surface area contributed by atoms with Crippen LogP contribution in [0, 0.1) is 19.8 Å². The van der Waals surface area contributed by atoms with Crippen molar-refractivity contribution in [3.63, 3.8) is 0 Å². The summed E-state index contributed by atoms with van der Waals surface area (Å²) in [7, 11) is 0. The predicted molar refractivity (Wildman–Crippen MR) is 68.5 cm³/mol. The molecule has 0 N–H and O–H groups in total. The van der Waals surface area contributed by atoms with Gasteiger partial charge < -0.3 is 4.90 Å². The predicted octanol–water partition coefficient (Wildman–Crippen LogP) is 2.19. The van der Waals surface area contributed by atoms with Gasteiger partial charge in [-0.3, -0.25) is 0 Å². The van der Waals surface area contributed by atoms with E-state index in [4.69, 9.17) is 0 Å². The lowest BCUT2D eigenvalue weighted by molar-refractivity contribution is 0.659. The number of hydrogen-bond acceptors (Lipinski definition) is 3. The van der Waals surface area contributed by atoms with Crippen molar-refractivity contribution in [1.29, 1.82) is 0 Å². The summed E-state index contributed by atoms with van der Waals surface area (Å²) < 4.78 is 1.91. The summed E-state index contributed by atoms with van der Waals surface area (Å²) in [4.78, 5) is 6.87. The second-order valence-electron chi connectivity index (χ2n) is 5.15. The van der Waals surface area contributed by atoms with Crippen molar-refractivity contribution in [2.45, 2.75) is 27.2 Å². The van der Waals surface area contributed by atoms with Crippen LogP contribution in [0.3, 0.4) is 0 Å². The molecule has 0 aromatic carbocycles. The van der Waals surface area contributed by atoms with Gasteiger partial charge in [0, 0.05) is 13.1 Å². The van der Waals surface area contributed by atoms with E-state index in [0.717, 1.165) is 30.5 Å². The van der Waals surface area contributed by atoms with Crippen LogP contribution in [0.25, 0.3) is 5.65 Å². The fourth-order valence-electron chi connectivity index (χ4n) is 2.58. The normalized spacial score (nSPS) is 20.4. The molecule has 2 aromatic heterocycles. The highest BCUT2D eigenvalue weighted by atomic mass is 15.3. The molecule has 1 saturated heterocycles. The van der Waals surface area contributed by atoms with Crippen LogP contribution in [-0.2, 0) is 0 Å². The van der Waals surface area contributed by atoms with Crippen molar-refractivity contribution in [2.24, 2.45) is 5.92 Å². The minimum absolute atomic E-state index is 0.795. The molecule has 3 heterocycles. The topological polar surface area (TPSA) is 33.4 Å². The maximum absolute atomic E-state index is 4.43. The van der Waals surface area contributed by atoms with E-state index in [9.17, 15) is 0 Å². The summed E-state index contributed by atoms with van der Waals surface area (Å²) in [6.07, 6.45) is 3.38. The van der Waals surface area contributed by atoms with Crippen molar-refractivity contribution in [3.05, 3.63) is 23.7 Å². The largest absolute Gasteiger partial charge is 0.370 e. The quantitative estimate of drug-likeness (QED) is 0.753. The minimum Gasteiger partial charge on any atom is -0.370 e.